The van der Waals surface area contributed by atoms with Crippen molar-refractivity contribution in [2.24, 2.45) is 0 Å². The number of carbonyl (C=O) groups excluding carboxylic acids is 3. The maximum Gasteiger partial charge on any atom is 0.323 e. The molecule has 1 saturated heterocycles. The van der Waals surface area contributed by atoms with Gasteiger partial charge in [0.1, 0.15) is 6.54 Å². The van der Waals surface area contributed by atoms with Gasteiger partial charge in [-0.2, -0.15) is 0 Å². The summed E-state index contributed by atoms with van der Waals surface area (Å²) in [5.74, 6) is -2.03. The molecule has 1 N–H and O–H groups in total. The molecule has 0 radical (unpaired) electrons. The standard InChI is InChI=1S/C13H20N2O5/c1-13(2,3)15(8-12(19)20)11(18)6-7-14-9(16)4-5-10(14)17/h4-8H2,1-3H3,(H,19,20). The quantitative estimate of drug-likeness (QED) is 0.729. The minimum atomic E-state index is -1.10. The molecule has 7 heteroatoms. The molecule has 0 aromatic rings. The SMILES string of the molecule is CC(C)(C)N(CC(=O)O)C(=O)CCN1C(=O)CCC1=O. The molecule has 1 fully saturated rings. The van der Waals surface area contributed by atoms with Gasteiger partial charge in [0.05, 0.1) is 0 Å². The van der Waals surface area contributed by atoms with Gasteiger partial charge in [-0.1, -0.05) is 0 Å². The summed E-state index contributed by atoms with van der Waals surface area (Å²) in [6.45, 7) is 4.83. The summed E-state index contributed by atoms with van der Waals surface area (Å²) < 4.78 is 0. The largest absolute Gasteiger partial charge is 0.480 e. The molecule has 0 aliphatic carbocycles. The summed E-state index contributed by atoms with van der Waals surface area (Å²) in [4.78, 5) is 48.1. The van der Waals surface area contributed by atoms with E-state index in [9.17, 15) is 19.2 Å². The molecule has 0 saturated carbocycles. The first-order valence-corrected chi connectivity index (χ1v) is 6.48. The molecule has 3 amide bonds. The highest BCUT2D eigenvalue weighted by molar-refractivity contribution is 6.02. The van der Waals surface area contributed by atoms with E-state index in [0.717, 1.165) is 4.90 Å². The van der Waals surface area contributed by atoms with Crippen molar-refractivity contribution in [2.75, 3.05) is 13.1 Å². The van der Waals surface area contributed by atoms with E-state index in [4.69, 9.17) is 5.11 Å². The smallest absolute Gasteiger partial charge is 0.323 e. The average molecular weight is 284 g/mol. The van der Waals surface area contributed by atoms with Crippen LogP contribution in [-0.4, -0.2) is 57.2 Å². The zero-order chi connectivity index (χ0) is 15.5. The van der Waals surface area contributed by atoms with E-state index in [1.807, 2.05) is 0 Å². The second-order valence-corrected chi connectivity index (χ2v) is 5.73. The number of carboxylic acid groups (broad SMARTS) is 1. The highest BCUT2D eigenvalue weighted by atomic mass is 16.4. The predicted molar refractivity (Wildman–Crippen MR) is 69.7 cm³/mol. The number of carbonyl (C=O) groups is 4. The minimum absolute atomic E-state index is 0.0166. The Morgan fingerprint density at radius 3 is 2.10 bits per heavy atom. The number of nitrogens with zero attached hydrogens (tertiary/aromatic N) is 2. The topological polar surface area (TPSA) is 95.0 Å². The Kier molecular flexibility index (Phi) is 4.86. The summed E-state index contributed by atoms with van der Waals surface area (Å²) >= 11 is 0. The van der Waals surface area contributed by atoms with Crippen LogP contribution in [0, 0.1) is 0 Å². The minimum Gasteiger partial charge on any atom is -0.480 e. The van der Waals surface area contributed by atoms with Gasteiger partial charge in [0.2, 0.25) is 17.7 Å². The molecule has 1 aliphatic heterocycles. The van der Waals surface area contributed by atoms with Gasteiger partial charge in [-0.25, -0.2) is 0 Å². The number of aliphatic carboxylic acids is 1. The van der Waals surface area contributed by atoms with Crippen molar-refractivity contribution in [2.45, 2.75) is 45.6 Å². The third-order valence-corrected chi connectivity index (χ3v) is 3.11. The zero-order valence-electron chi connectivity index (χ0n) is 12.0. The van der Waals surface area contributed by atoms with Crippen molar-refractivity contribution in [3.05, 3.63) is 0 Å². The first-order chi connectivity index (χ1) is 9.12. The molecular formula is C13H20N2O5. The van der Waals surface area contributed by atoms with Crippen LogP contribution in [0.25, 0.3) is 0 Å². The molecule has 1 aliphatic rings. The van der Waals surface area contributed by atoms with Crippen molar-refractivity contribution < 1.29 is 24.3 Å². The summed E-state index contributed by atoms with van der Waals surface area (Å²) in [6, 6.07) is 0. The van der Waals surface area contributed by atoms with E-state index in [1.54, 1.807) is 20.8 Å². The molecule has 1 heterocycles. The number of imide groups is 1. The maximum absolute atomic E-state index is 12.1. The fourth-order valence-electron chi connectivity index (χ4n) is 2.05. The number of carboxylic acids is 1. The number of hydrogen-bond acceptors (Lipinski definition) is 4. The normalized spacial score (nSPS) is 15.7. The second kappa shape index (κ2) is 6.02. The van der Waals surface area contributed by atoms with Crippen LogP contribution in [0.5, 0.6) is 0 Å². The Balaban J connectivity index is 2.65. The number of amides is 3. The van der Waals surface area contributed by atoms with E-state index >= 15 is 0 Å². The van der Waals surface area contributed by atoms with Crippen LogP contribution in [0.1, 0.15) is 40.0 Å². The van der Waals surface area contributed by atoms with Crippen LogP contribution in [-0.2, 0) is 19.2 Å². The Morgan fingerprint density at radius 1 is 1.20 bits per heavy atom. The summed E-state index contributed by atoms with van der Waals surface area (Å²) in [5.41, 5.74) is -0.630. The van der Waals surface area contributed by atoms with Crippen molar-refractivity contribution in [1.82, 2.24) is 9.80 Å². The predicted octanol–water partition coefficient (Wildman–Crippen LogP) is 0.237. The van der Waals surface area contributed by atoms with Gasteiger partial charge in [0, 0.05) is 31.3 Å². The molecule has 0 aromatic heterocycles. The van der Waals surface area contributed by atoms with Gasteiger partial charge in [0.15, 0.2) is 0 Å². The number of rotatable bonds is 5. The van der Waals surface area contributed by atoms with Crippen molar-refractivity contribution >= 4 is 23.7 Å². The Hall–Kier alpha value is -1.92. The fourth-order valence-corrected chi connectivity index (χ4v) is 2.05. The van der Waals surface area contributed by atoms with E-state index in [1.165, 1.54) is 4.90 Å². The third kappa shape index (κ3) is 4.04. The molecule has 0 atom stereocenters. The fraction of sp³-hybridized carbons (Fsp3) is 0.692. The highest BCUT2D eigenvalue weighted by Gasteiger charge is 2.32. The molecule has 0 aromatic carbocycles. The highest BCUT2D eigenvalue weighted by Crippen LogP contribution is 2.16. The average Bonchev–Trinajstić information content (AvgIpc) is 2.61. The Bertz CT molecular complexity index is 423. The lowest BCUT2D eigenvalue weighted by atomic mass is 10.1. The molecule has 0 unspecified atom stereocenters. The number of likely N-dealkylation sites (tertiary alicyclic amines) is 1. The van der Waals surface area contributed by atoms with Crippen LogP contribution >= 0.6 is 0 Å². The lowest BCUT2D eigenvalue weighted by Crippen LogP contribution is -2.49. The van der Waals surface area contributed by atoms with E-state index in [-0.39, 0.29) is 43.5 Å². The van der Waals surface area contributed by atoms with Gasteiger partial charge < -0.3 is 10.0 Å². The lowest BCUT2D eigenvalue weighted by Gasteiger charge is -2.34. The van der Waals surface area contributed by atoms with Crippen molar-refractivity contribution in [1.29, 1.82) is 0 Å². The van der Waals surface area contributed by atoms with Gasteiger partial charge in [0.25, 0.3) is 0 Å². The van der Waals surface area contributed by atoms with Crippen LogP contribution in [0.15, 0.2) is 0 Å². The van der Waals surface area contributed by atoms with Crippen LogP contribution in [0.3, 0.4) is 0 Å². The summed E-state index contributed by atoms with van der Waals surface area (Å²) in [5, 5.41) is 8.85. The second-order valence-electron chi connectivity index (χ2n) is 5.73. The van der Waals surface area contributed by atoms with Crippen molar-refractivity contribution in [3.8, 4) is 0 Å². The van der Waals surface area contributed by atoms with Crippen LogP contribution in [0.4, 0.5) is 0 Å². The molecule has 1 rings (SSSR count). The monoisotopic (exact) mass is 284 g/mol. The van der Waals surface area contributed by atoms with Crippen molar-refractivity contribution in [3.63, 3.8) is 0 Å². The van der Waals surface area contributed by atoms with E-state index < -0.39 is 18.1 Å². The first kappa shape index (κ1) is 16.1. The van der Waals surface area contributed by atoms with Crippen LogP contribution in [0.2, 0.25) is 0 Å². The van der Waals surface area contributed by atoms with Gasteiger partial charge in [-0.05, 0) is 20.8 Å². The molecular weight excluding hydrogens is 264 g/mol. The maximum atomic E-state index is 12.1. The van der Waals surface area contributed by atoms with E-state index in [0.29, 0.717) is 0 Å². The summed E-state index contributed by atoms with van der Waals surface area (Å²) in [7, 11) is 0. The van der Waals surface area contributed by atoms with Gasteiger partial charge in [-0.15, -0.1) is 0 Å². The molecule has 112 valence electrons. The Morgan fingerprint density at radius 2 is 1.70 bits per heavy atom. The van der Waals surface area contributed by atoms with E-state index in [2.05, 4.69) is 0 Å². The third-order valence-electron chi connectivity index (χ3n) is 3.11. The first-order valence-electron chi connectivity index (χ1n) is 6.48. The molecule has 0 bridgehead atoms. The zero-order valence-corrected chi connectivity index (χ0v) is 12.0. The van der Waals surface area contributed by atoms with Gasteiger partial charge >= 0.3 is 5.97 Å². The molecule has 7 nitrogen and oxygen atoms in total. The lowest BCUT2D eigenvalue weighted by molar-refractivity contribution is -0.149. The van der Waals surface area contributed by atoms with Crippen LogP contribution < -0.4 is 0 Å². The Labute approximate surface area is 117 Å². The number of hydrogen-bond donors (Lipinski definition) is 1. The molecule has 20 heavy (non-hydrogen) atoms. The summed E-state index contributed by atoms with van der Waals surface area (Å²) in [6.07, 6.45) is 0.318. The van der Waals surface area contributed by atoms with Gasteiger partial charge in [-0.3, -0.25) is 24.1 Å². The molecule has 0 spiro atoms.